The fourth-order valence-electron chi connectivity index (χ4n) is 3.32. The largest absolute Gasteiger partial charge is 0.508 e. The van der Waals surface area contributed by atoms with Gasteiger partial charge in [-0.25, -0.2) is 0 Å². The van der Waals surface area contributed by atoms with Crippen LogP contribution < -0.4 is 0 Å². The molecule has 0 aliphatic carbocycles. The molecule has 4 aromatic carbocycles. The number of benzene rings is 4. The van der Waals surface area contributed by atoms with Crippen LogP contribution in [0.4, 0.5) is 34.1 Å². The molecule has 0 bridgehead atoms. The first-order chi connectivity index (χ1) is 17.8. The van der Waals surface area contributed by atoms with Crippen LogP contribution in [-0.2, 0) is 6.42 Å². The molecule has 0 aliphatic rings. The molecular weight excluding hydrogens is 480 g/mol. The molecule has 184 valence electrons. The van der Waals surface area contributed by atoms with E-state index in [9.17, 15) is 30.4 Å². The molecule has 0 heterocycles. The third-order valence-electron chi connectivity index (χ3n) is 5.13. The summed E-state index contributed by atoms with van der Waals surface area (Å²) in [5, 5.41) is 57.7. The number of hydrogen-bond acceptors (Lipinski definition) is 10. The average molecular weight is 498 g/mol. The van der Waals surface area contributed by atoms with E-state index >= 15 is 0 Å². The Hall–Kier alpha value is -5.52. The molecule has 12 heteroatoms. The maximum absolute atomic E-state index is 11.6. The van der Waals surface area contributed by atoms with E-state index in [1.165, 1.54) is 72.8 Å². The van der Waals surface area contributed by atoms with Crippen LogP contribution in [0.2, 0.25) is 0 Å². The van der Waals surface area contributed by atoms with Gasteiger partial charge in [0.1, 0.15) is 11.5 Å². The molecular formula is C25H18N6O6. The number of hydrogen-bond donors (Lipinski definition) is 2. The van der Waals surface area contributed by atoms with Gasteiger partial charge in [-0.05, 0) is 78.2 Å². The van der Waals surface area contributed by atoms with Gasteiger partial charge in [0.15, 0.2) is 11.4 Å². The molecule has 0 saturated heterocycles. The summed E-state index contributed by atoms with van der Waals surface area (Å²) in [5.41, 5.74) is 1.45. The highest BCUT2D eigenvalue weighted by molar-refractivity contribution is 5.61. The van der Waals surface area contributed by atoms with E-state index in [1.807, 2.05) is 0 Å². The highest BCUT2D eigenvalue weighted by atomic mass is 16.6. The normalized spacial score (nSPS) is 11.2. The van der Waals surface area contributed by atoms with Crippen molar-refractivity contribution < 1.29 is 20.1 Å². The first-order valence-corrected chi connectivity index (χ1v) is 10.7. The van der Waals surface area contributed by atoms with Gasteiger partial charge >= 0.3 is 0 Å². The number of nitro groups is 2. The topological polar surface area (TPSA) is 176 Å². The second-order valence-electron chi connectivity index (χ2n) is 7.77. The molecule has 0 fully saturated rings. The Morgan fingerprint density at radius 1 is 0.568 bits per heavy atom. The predicted molar refractivity (Wildman–Crippen MR) is 134 cm³/mol. The number of phenolic OH excluding ortho intramolecular Hbond substituents is 2. The third-order valence-corrected chi connectivity index (χ3v) is 5.13. The minimum Gasteiger partial charge on any atom is -0.508 e. The van der Waals surface area contributed by atoms with Gasteiger partial charge < -0.3 is 10.2 Å². The van der Waals surface area contributed by atoms with E-state index in [-0.39, 0.29) is 40.7 Å². The molecule has 0 spiro atoms. The van der Waals surface area contributed by atoms with Crippen molar-refractivity contribution in [3.63, 3.8) is 0 Å². The molecule has 37 heavy (non-hydrogen) atoms. The van der Waals surface area contributed by atoms with E-state index in [2.05, 4.69) is 20.5 Å². The van der Waals surface area contributed by atoms with E-state index in [4.69, 9.17) is 0 Å². The van der Waals surface area contributed by atoms with Gasteiger partial charge in [-0.3, -0.25) is 20.2 Å². The summed E-state index contributed by atoms with van der Waals surface area (Å²) in [6, 6.07) is 20.6. The predicted octanol–water partition coefficient (Wildman–Crippen LogP) is 7.34. The molecule has 12 nitrogen and oxygen atoms in total. The molecule has 0 amide bonds. The summed E-state index contributed by atoms with van der Waals surface area (Å²) in [6.07, 6.45) is 0.187. The molecule has 0 atom stereocenters. The first-order valence-electron chi connectivity index (χ1n) is 10.7. The van der Waals surface area contributed by atoms with Crippen LogP contribution in [0.15, 0.2) is 105 Å². The lowest BCUT2D eigenvalue weighted by molar-refractivity contribution is -0.384. The minimum absolute atomic E-state index is 0.0396. The van der Waals surface area contributed by atoms with Crippen molar-refractivity contribution >= 4 is 34.1 Å². The van der Waals surface area contributed by atoms with Crippen LogP contribution in [0.3, 0.4) is 0 Å². The van der Waals surface area contributed by atoms with E-state index in [1.54, 1.807) is 12.1 Å². The number of azo groups is 2. The first kappa shape index (κ1) is 24.6. The van der Waals surface area contributed by atoms with Gasteiger partial charge in [-0.1, -0.05) is 12.1 Å². The summed E-state index contributed by atoms with van der Waals surface area (Å²) < 4.78 is 0. The zero-order chi connectivity index (χ0) is 26.4. The maximum Gasteiger partial charge on any atom is 0.297 e. The quantitative estimate of drug-likeness (QED) is 0.146. The second-order valence-corrected chi connectivity index (χ2v) is 7.77. The summed E-state index contributed by atoms with van der Waals surface area (Å²) >= 11 is 0. The van der Waals surface area contributed by atoms with Crippen molar-refractivity contribution in [2.24, 2.45) is 20.5 Å². The van der Waals surface area contributed by atoms with Gasteiger partial charge in [0.25, 0.3) is 11.4 Å². The zero-order valence-electron chi connectivity index (χ0n) is 19.0. The molecule has 2 N–H and O–H groups in total. The van der Waals surface area contributed by atoms with Crippen LogP contribution in [0.25, 0.3) is 0 Å². The third kappa shape index (κ3) is 6.33. The number of phenols is 2. The van der Waals surface area contributed by atoms with Crippen molar-refractivity contribution in [3.8, 4) is 11.5 Å². The van der Waals surface area contributed by atoms with Crippen LogP contribution >= 0.6 is 0 Å². The van der Waals surface area contributed by atoms with Gasteiger partial charge in [-0.15, -0.1) is 10.2 Å². The number of nitrogens with zero attached hydrogens (tertiary/aromatic N) is 6. The Labute approximate surface area is 209 Å². The molecule has 4 aromatic rings. The van der Waals surface area contributed by atoms with Gasteiger partial charge in [-0.2, -0.15) is 10.2 Å². The van der Waals surface area contributed by atoms with Crippen LogP contribution in [0.5, 0.6) is 11.5 Å². The Kier molecular flexibility index (Phi) is 7.19. The van der Waals surface area contributed by atoms with Crippen molar-refractivity contribution in [2.45, 2.75) is 6.42 Å². The summed E-state index contributed by atoms with van der Waals surface area (Å²) in [6.45, 7) is 0. The highest BCUT2D eigenvalue weighted by Crippen LogP contribution is 2.33. The zero-order valence-corrected chi connectivity index (χ0v) is 19.0. The summed E-state index contributed by atoms with van der Waals surface area (Å²) in [4.78, 5) is 22.1. The van der Waals surface area contributed by atoms with Crippen LogP contribution in [0, 0.1) is 20.2 Å². The Bertz CT molecular complexity index is 1400. The van der Waals surface area contributed by atoms with Crippen LogP contribution in [-0.4, -0.2) is 20.1 Å². The van der Waals surface area contributed by atoms with Crippen LogP contribution in [0.1, 0.15) is 11.1 Å². The van der Waals surface area contributed by atoms with E-state index in [0.717, 1.165) is 0 Å². The average Bonchev–Trinajstić information content (AvgIpc) is 2.88. The number of rotatable bonds is 8. The lowest BCUT2D eigenvalue weighted by atomic mass is 10.0. The van der Waals surface area contributed by atoms with Crippen molar-refractivity contribution in [1.29, 1.82) is 0 Å². The molecule has 0 unspecified atom stereocenters. The Morgan fingerprint density at radius 2 is 0.946 bits per heavy atom. The Balaban J connectivity index is 1.57. The fourth-order valence-corrected chi connectivity index (χ4v) is 3.32. The van der Waals surface area contributed by atoms with E-state index < -0.39 is 9.85 Å². The molecule has 4 rings (SSSR count). The van der Waals surface area contributed by atoms with Gasteiger partial charge in [0, 0.05) is 12.1 Å². The summed E-state index contributed by atoms with van der Waals surface area (Å²) in [5.74, 6) is 0.117. The monoisotopic (exact) mass is 498 g/mol. The molecule has 0 saturated carbocycles. The van der Waals surface area contributed by atoms with Gasteiger partial charge in [0.05, 0.1) is 21.2 Å². The minimum atomic E-state index is -0.579. The lowest BCUT2D eigenvalue weighted by Gasteiger charge is -2.05. The SMILES string of the molecule is O=[N+]([O-])c1cc(Cc2ccc(N=Nc3ccc(O)cc3)c([N+](=O)[O-])c2)ccc1N=Nc1ccc(O)cc1. The smallest absolute Gasteiger partial charge is 0.297 e. The van der Waals surface area contributed by atoms with Crippen molar-refractivity contribution in [3.05, 3.63) is 116 Å². The lowest BCUT2D eigenvalue weighted by Crippen LogP contribution is -1.95. The highest BCUT2D eigenvalue weighted by Gasteiger charge is 2.18. The molecule has 0 radical (unpaired) electrons. The molecule has 0 aliphatic heterocycles. The second kappa shape index (κ2) is 10.8. The summed E-state index contributed by atoms with van der Waals surface area (Å²) in [7, 11) is 0. The fraction of sp³-hybridized carbons (Fsp3) is 0.0400. The van der Waals surface area contributed by atoms with E-state index in [0.29, 0.717) is 22.5 Å². The number of aromatic hydroxyl groups is 2. The Morgan fingerprint density at radius 3 is 1.30 bits per heavy atom. The maximum atomic E-state index is 11.6. The standard InChI is InChI=1S/C25H18N6O6/c32-20-7-3-18(4-8-20)26-28-22-11-1-16(14-24(22)30(34)35)13-17-2-12-23(25(15-17)31(36)37)29-27-19-5-9-21(33)10-6-19/h1-12,14-15,32-33H,13H2. The van der Waals surface area contributed by atoms with Crippen molar-refractivity contribution in [2.75, 3.05) is 0 Å². The van der Waals surface area contributed by atoms with Crippen molar-refractivity contribution in [1.82, 2.24) is 0 Å². The molecule has 0 aromatic heterocycles. The number of nitro benzene ring substituents is 2. The van der Waals surface area contributed by atoms with Gasteiger partial charge in [0.2, 0.25) is 0 Å².